The topological polar surface area (TPSA) is 125 Å². The predicted molar refractivity (Wildman–Crippen MR) is 138 cm³/mol. The molecule has 2 N–H and O–H groups in total. The lowest BCUT2D eigenvalue weighted by Gasteiger charge is -2.52. The molecular formula is C28H36N4O6. The second-order valence-electron chi connectivity index (χ2n) is 12.3. The monoisotopic (exact) mass is 524 g/mol. The Bertz CT molecular complexity index is 1190. The van der Waals surface area contributed by atoms with Crippen LogP contribution in [-0.4, -0.2) is 70.3 Å². The van der Waals surface area contributed by atoms with Gasteiger partial charge in [-0.2, -0.15) is 0 Å². The van der Waals surface area contributed by atoms with Crippen molar-refractivity contribution in [1.29, 1.82) is 0 Å². The Morgan fingerprint density at radius 1 is 1.05 bits per heavy atom. The number of carbonyl (C=O) groups excluding carboxylic acids is 5. The van der Waals surface area contributed by atoms with Crippen molar-refractivity contribution < 1.29 is 28.7 Å². The van der Waals surface area contributed by atoms with Gasteiger partial charge in [0.25, 0.3) is 11.8 Å². The van der Waals surface area contributed by atoms with Gasteiger partial charge < -0.3 is 15.0 Å². The fraction of sp³-hybridized carbons (Fsp3) is 0.607. The molecule has 1 saturated heterocycles. The van der Waals surface area contributed by atoms with Crippen LogP contribution in [0.15, 0.2) is 18.2 Å². The summed E-state index contributed by atoms with van der Waals surface area (Å²) in [4.78, 5) is 64.9. The Morgan fingerprint density at radius 2 is 1.71 bits per heavy atom. The molecule has 204 valence electrons. The predicted octanol–water partition coefficient (Wildman–Crippen LogP) is 3.46. The number of ether oxygens (including phenoxy) is 1. The molecule has 0 radical (unpaired) electrons. The van der Waals surface area contributed by atoms with E-state index in [2.05, 4.69) is 10.6 Å². The number of benzene rings is 1. The molecule has 5 rings (SSSR count). The zero-order valence-corrected chi connectivity index (χ0v) is 22.5. The second-order valence-corrected chi connectivity index (χ2v) is 12.3. The van der Waals surface area contributed by atoms with E-state index < -0.39 is 35.3 Å². The van der Waals surface area contributed by atoms with Gasteiger partial charge in [0.1, 0.15) is 11.6 Å². The van der Waals surface area contributed by atoms with Crippen LogP contribution in [0.2, 0.25) is 0 Å². The Labute approximate surface area is 222 Å². The van der Waals surface area contributed by atoms with Crippen molar-refractivity contribution >= 4 is 35.4 Å². The average molecular weight is 525 g/mol. The summed E-state index contributed by atoms with van der Waals surface area (Å²) in [5.74, 6) is -2.00. The summed E-state index contributed by atoms with van der Waals surface area (Å²) in [5, 5.41) is 5.73. The molecule has 1 aromatic carbocycles. The van der Waals surface area contributed by atoms with Crippen LogP contribution in [-0.2, 0) is 14.3 Å². The van der Waals surface area contributed by atoms with Crippen molar-refractivity contribution in [2.24, 2.45) is 5.41 Å². The van der Waals surface area contributed by atoms with Gasteiger partial charge in [-0.05, 0) is 89.3 Å². The number of rotatable bonds is 4. The number of anilines is 1. The van der Waals surface area contributed by atoms with E-state index in [4.69, 9.17) is 4.74 Å². The van der Waals surface area contributed by atoms with Crippen molar-refractivity contribution in [2.45, 2.75) is 95.9 Å². The van der Waals surface area contributed by atoms with Gasteiger partial charge in [0, 0.05) is 31.2 Å². The third-order valence-corrected chi connectivity index (χ3v) is 8.41. The summed E-state index contributed by atoms with van der Waals surface area (Å²) in [6.45, 7) is 5.62. The van der Waals surface area contributed by atoms with Gasteiger partial charge in [-0.25, -0.2) is 4.79 Å². The number of amides is 5. The van der Waals surface area contributed by atoms with Crippen LogP contribution in [0, 0.1) is 5.41 Å². The first kappa shape index (κ1) is 26.2. The summed E-state index contributed by atoms with van der Waals surface area (Å²) >= 11 is 0. The van der Waals surface area contributed by atoms with Crippen molar-refractivity contribution in [2.75, 3.05) is 12.4 Å². The van der Waals surface area contributed by atoms with Gasteiger partial charge in [-0.3, -0.25) is 29.4 Å². The molecule has 4 aliphatic rings. The van der Waals surface area contributed by atoms with Crippen LogP contribution >= 0.6 is 0 Å². The molecule has 38 heavy (non-hydrogen) atoms. The van der Waals surface area contributed by atoms with Crippen molar-refractivity contribution in [1.82, 2.24) is 15.1 Å². The zero-order valence-electron chi connectivity index (χ0n) is 22.5. The Morgan fingerprint density at radius 3 is 2.34 bits per heavy atom. The van der Waals surface area contributed by atoms with Crippen LogP contribution in [0.1, 0.15) is 92.9 Å². The Kier molecular flexibility index (Phi) is 6.47. The molecule has 1 atom stereocenters. The molecule has 5 amide bonds. The summed E-state index contributed by atoms with van der Waals surface area (Å²) < 4.78 is 5.52. The number of piperidine rings is 1. The van der Waals surface area contributed by atoms with Crippen molar-refractivity contribution in [3.63, 3.8) is 0 Å². The maximum Gasteiger partial charge on any atom is 0.410 e. The quantitative estimate of drug-likeness (QED) is 0.578. The lowest BCUT2D eigenvalue weighted by molar-refractivity contribution is -0.136. The molecule has 2 saturated carbocycles. The number of hydrogen-bond donors (Lipinski definition) is 2. The Hall–Kier alpha value is -3.43. The standard InChI is InChI=1S/C28H36N4O6/c1-27(2,3)38-26(37)31(4)18-9-11-28(12-10-18)14-17(15-28)29-16-5-6-19-20(13-16)25(36)32(24(19)35)21-7-8-22(33)30-23(21)34/h5-6,13,17-18,21,29H,7-12,14-15H2,1-4H3,(H,30,33,34). The van der Waals surface area contributed by atoms with E-state index in [0.717, 1.165) is 49.1 Å². The van der Waals surface area contributed by atoms with Gasteiger partial charge in [-0.15, -0.1) is 0 Å². The molecule has 1 aromatic rings. The fourth-order valence-electron chi connectivity index (χ4n) is 6.38. The molecule has 1 unspecified atom stereocenters. The molecule has 2 aliphatic heterocycles. The highest BCUT2D eigenvalue weighted by atomic mass is 16.6. The summed E-state index contributed by atoms with van der Waals surface area (Å²) in [5.41, 5.74) is 1.10. The maximum absolute atomic E-state index is 13.1. The lowest BCUT2D eigenvalue weighted by Crippen LogP contribution is -2.54. The minimum atomic E-state index is -0.965. The highest BCUT2D eigenvalue weighted by Crippen LogP contribution is 2.53. The third-order valence-electron chi connectivity index (χ3n) is 8.41. The van der Waals surface area contributed by atoms with Gasteiger partial charge in [0.2, 0.25) is 11.8 Å². The smallest absolute Gasteiger partial charge is 0.410 e. The van der Waals surface area contributed by atoms with Crippen LogP contribution < -0.4 is 10.6 Å². The SMILES string of the molecule is CN(C(=O)OC(C)(C)C)C1CCC2(CC1)CC(Nc1ccc3c(c1)C(=O)N(C1CCC(=O)NC1=O)C3=O)C2. The maximum atomic E-state index is 13.1. The summed E-state index contributed by atoms with van der Waals surface area (Å²) in [6.07, 6.45) is 6.01. The van der Waals surface area contributed by atoms with Gasteiger partial charge in [0.05, 0.1) is 11.1 Å². The highest BCUT2D eigenvalue weighted by Gasteiger charge is 2.48. The van der Waals surface area contributed by atoms with E-state index in [1.54, 1.807) is 23.1 Å². The molecule has 0 aromatic heterocycles. The number of imide groups is 2. The van der Waals surface area contributed by atoms with E-state index in [1.807, 2.05) is 27.8 Å². The minimum absolute atomic E-state index is 0.0953. The number of carbonyl (C=O) groups is 5. The molecule has 10 heteroatoms. The largest absolute Gasteiger partial charge is 0.444 e. The number of nitrogens with zero attached hydrogens (tertiary/aromatic N) is 2. The minimum Gasteiger partial charge on any atom is -0.444 e. The van der Waals surface area contributed by atoms with Gasteiger partial charge in [0.15, 0.2) is 0 Å². The van der Waals surface area contributed by atoms with E-state index in [0.29, 0.717) is 0 Å². The van der Waals surface area contributed by atoms with Crippen LogP contribution in [0.4, 0.5) is 10.5 Å². The van der Waals surface area contributed by atoms with E-state index in [-0.39, 0.29) is 47.6 Å². The first-order valence-corrected chi connectivity index (χ1v) is 13.4. The van der Waals surface area contributed by atoms with Crippen molar-refractivity contribution in [3.8, 4) is 0 Å². The molecule has 0 bridgehead atoms. The van der Waals surface area contributed by atoms with Crippen LogP contribution in [0.5, 0.6) is 0 Å². The molecule has 2 heterocycles. The first-order chi connectivity index (χ1) is 17.9. The second kappa shape index (κ2) is 9.39. The van der Waals surface area contributed by atoms with Gasteiger partial charge >= 0.3 is 6.09 Å². The fourth-order valence-corrected chi connectivity index (χ4v) is 6.38. The molecule has 10 nitrogen and oxygen atoms in total. The summed E-state index contributed by atoms with van der Waals surface area (Å²) in [7, 11) is 1.82. The third kappa shape index (κ3) is 4.88. The molecule has 1 spiro atoms. The zero-order chi connectivity index (χ0) is 27.4. The molecule has 2 aliphatic carbocycles. The normalized spacial score (nSPS) is 29.1. The van der Waals surface area contributed by atoms with Gasteiger partial charge in [-0.1, -0.05) is 0 Å². The van der Waals surface area contributed by atoms with E-state index in [9.17, 15) is 24.0 Å². The first-order valence-electron chi connectivity index (χ1n) is 13.4. The molecular weight excluding hydrogens is 488 g/mol. The number of fused-ring (bicyclic) bond motifs is 1. The van der Waals surface area contributed by atoms with Crippen molar-refractivity contribution in [3.05, 3.63) is 29.3 Å². The number of nitrogens with one attached hydrogen (secondary N) is 2. The Balaban J connectivity index is 1.15. The van der Waals surface area contributed by atoms with Crippen LogP contribution in [0.3, 0.4) is 0 Å². The average Bonchev–Trinajstić information content (AvgIpc) is 3.06. The lowest BCUT2D eigenvalue weighted by atomic mass is 9.57. The van der Waals surface area contributed by atoms with E-state index >= 15 is 0 Å². The summed E-state index contributed by atoms with van der Waals surface area (Å²) in [6, 6.07) is 4.62. The number of hydrogen-bond acceptors (Lipinski definition) is 7. The molecule has 3 fully saturated rings. The van der Waals surface area contributed by atoms with Crippen LogP contribution in [0.25, 0.3) is 0 Å². The highest BCUT2D eigenvalue weighted by molar-refractivity contribution is 6.23. The van der Waals surface area contributed by atoms with E-state index in [1.165, 1.54) is 0 Å².